The van der Waals surface area contributed by atoms with Crippen molar-refractivity contribution in [2.45, 2.75) is 32.9 Å². The van der Waals surface area contributed by atoms with Crippen molar-refractivity contribution in [1.82, 2.24) is 15.2 Å². The van der Waals surface area contributed by atoms with Crippen LogP contribution in [0, 0.1) is 0 Å². The maximum absolute atomic E-state index is 11.9. The molecule has 0 saturated heterocycles. The van der Waals surface area contributed by atoms with Crippen LogP contribution >= 0.6 is 0 Å². The summed E-state index contributed by atoms with van der Waals surface area (Å²) in [5.74, 6) is -0.0744. The Bertz CT molecular complexity index is 408. The molecule has 3 N–H and O–H groups in total. The zero-order valence-electron chi connectivity index (χ0n) is 12.0. The average molecular weight is 264 g/mol. The van der Waals surface area contributed by atoms with Gasteiger partial charge in [-0.2, -0.15) is 0 Å². The van der Waals surface area contributed by atoms with Crippen LogP contribution < -0.4 is 11.1 Å². The number of nitrogens with zero attached hydrogens (tertiary/aromatic N) is 2. The van der Waals surface area contributed by atoms with Crippen molar-refractivity contribution in [2.24, 2.45) is 5.73 Å². The van der Waals surface area contributed by atoms with E-state index in [2.05, 4.69) is 36.1 Å². The van der Waals surface area contributed by atoms with Gasteiger partial charge in [0.15, 0.2) is 0 Å². The monoisotopic (exact) mass is 264 g/mol. The van der Waals surface area contributed by atoms with Crippen LogP contribution in [0.15, 0.2) is 18.3 Å². The molecule has 0 aliphatic rings. The molecule has 0 aliphatic carbocycles. The maximum Gasteiger partial charge on any atom is 0.251 e. The van der Waals surface area contributed by atoms with E-state index in [9.17, 15) is 4.79 Å². The molecule has 0 radical (unpaired) electrons. The molecular weight excluding hydrogens is 240 g/mol. The third kappa shape index (κ3) is 4.96. The SMILES string of the molecule is CCC(C)N(C)CCNC(=O)c1ccnc(CN)c1. The first-order valence-corrected chi connectivity index (χ1v) is 6.71. The first-order chi connectivity index (χ1) is 9.08. The number of nitrogens with one attached hydrogen (secondary N) is 1. The summed E-state index contributed by atoms with van der Waals surface area (Å²) in [4.78, 5) is 18.2. The fourth-order valence-electron chi connectivity index (χ4n) is 1.71. The number of likely N-dealkylation sites (N-methyl/N-ethyl adjacent to an activating group) is 1. The van der Waals surface area contributed by atoms with Gasteiger partial charge in [0.2, 0.25) is 0 Å². The van der Waals surface area contributed by atoms with Gasteiger partial charge in [0.05, 0.1) is 5.69 Å². The highest BCUT2D eigenvalue weighted by atomic mass is 16.1. The van der Waals surface area contributed by atoms with Crippen LogP contribution in [0.25, 0.3) is 0 Å². The molecule has 1 atom stereocenters. The molecule has 0 saturated carbocycles. The van der Waals surface area contributed by atoms with Crippen LogP contribution in [0.1, 0.15) is 36.3 Å². The lowest BCUT2D eigenvalue weighted by molar-refractivity contribution is 0.0947. The number of carbonyl (C=O) groups excluding carboxylic acids is 1. The van der Waals surface area contributed by atoms with Crippen molar-refractivity contribution in [2.75, 3.05) is 20.1 Å². The zero-order valence-corrected chi connectivity index (χ0v) is 12.0. The second-order valence-electron chi connectivity index (χ2n) is 4.73. The molecule has 1 heterocycles. The van der Waals surface area contributed by atoms with Crippen molar-refractivity contribution in [1.29, 1.82) is 0 Å². The summed E-state index contributed by atoms with van der Waals surface area (Å²) < 4.78 is 0. The van der Waals surface area contributed by atoms with Crippen LogP contribution in [0.2, 0.25) is 0 Å². The van der Waals surface area contributed by atoms with Gasteiger partial charge in [-0.05, 0) is 32.5 Å². The van der Waals surface area contributed by atoms with Crippen molar-refractivity contribution >= 4 is 5.91 Å². The highest BCUT2D eigenvalue weighted by Gasteiger charge is 2.08. The Morgan fingerprint density at radius 3 is 2.95 bits per heavy atom. The van der Waals surface area contributed by atoms with Gasteiger partial charge in [-0.1, -0.05) is 6.92 Å². The van der Waals surface area contributed by atoms with Gasteiger partial charge in [0.1, 0.15) is 0 Å². The molecule has 0 spiro atoms. The van der Waals surface area contributed by atoms with Gasteiger partial charge < -0.3 is 16.0 Å². The minimum absolute atomic E-state index is 0.0744. The second-order valence-corrected chi connectivity index (χ2v) is 4.73. The Balaban J connectivity index is 2.43. The number of rotatable bonds is 7. The van der Waals surface area contributed by atoms with Crippen LogP contribution in [0.3, 0.4) is 0 Å². The molecule has 1 amide bonds. The van der Waals surface area contributed by atoms with E-state index in [1.165, 1.54) is 0 Å². The molecule has 106 valence electrons. The van der Waals surface area contributed by atoms with E-state index in [0.29, 0.717) is 24.7 Å². The molecule has 1 aromatic heterocycles. The van der Waals surface area contributed by atoms with Crippen molar-refractivity contribution in [3.63, 3.8) is 0 Å². The second kappa shape index (κ2) is 7.86. The number of nitrogens with two attached hydrogens (primary N) is 1. The fraction of sp³-hybridized carbons (Fsp3) is 0.571. The first-order valence-electron chi connectivity index (χ1n) is 6.71. The molecule has 0 aromatic carbocycles. The molecule has 5 nitrogen and oxygen atoms in total. The van der Waals surface area contributed by atoms with Crippen LogP contribution in [-0.4, -0.2) is 42.0 Å². The van der Waals surface area contributed by atoms with Gasteiger partial charge in [-0.15, -0.1) is 0 Å². The normalized spacial score (nSPS) is 12.5. The highest BCUT2D eigenvalue weighted by molar-refractivity contribution is 5.94. The summed E-state index contributed by atoms with van der Waals surface area (Å²) in [6.45, 7) is 6.16. The Hall–Kier alpha value is -1.46. The number of hydrogen-bond acceptors (Lipinski definition) is 4. The number of carbonyl (C=O) groups is 1. The van der Waals surface area contributed by atoms with E-state index < -0.39 is 0 Å². The summed E-state index contributed by atoms with van der Waals surface area (Å²) in [5.41, 5.74) is 6.85. The van der Waals surface area contributed by atoms with Crippen molar-refractivity contribution in [3.8, 4) is 0 Å². The van der Waals surface area contributed by atoms with Gasteiger partial charge in [-0.3, -0.25) is 9.78 Å². The fourth-order valence-corrected chi connectivity index (χ4v) is 1.71. The largest absolute Gasteiger partial charge is 0.351 e. The van der Waals surface area contributed by atoms with Crippen LogP contribution in [0.4, 0.5) is 0 Å². The Morgan fingerprint density at radius 2 is 2.32 bits per heavy atom. The standard InChI is InChI=1S/C14H24N4O/c1-4-11(2)18(3)8-7-17-14(19)12-5-6-16-13(9-12)10-15/h5-6,9,11H,4,7-8,10,15H2,1-3H3,(H,17,19). The molecule has 1 rings (SSSR count). The molecule has 0 bridgehead atoms. The van der Waals surface area contributed by atoms with E-state index in [-0.39, 0.29) is 5.91 Å². The molecule has 1 unspecified atom stereocenters. The third-order valence-corrected chi connectivity index (χ3v) is 3.38. The van der Waals surface area contributed by atoms with Gasteiger partial charge in [-0.25, -0.2) is 0 Å². The van der Waals surface area contributed by atoms with E-state index in [1.54, 1.807) is 18.3 Å². The van der Waals surface area contributed by atoms with Crippen LogP contribution in [-0.2, 0) is 6.54 Å². The summed E-state index contributed by atoms with van der Waals surface area (Å²) in [7, 11) is 2.07. The average Bonchev–Trinajstić information content (AvgIpc) is 2.46. The Morgan fingerprint density at radius 1 is 1.58 bits per heavy atom. The van der Waals surface area contributed by atoms with Crippen molar-refractivity contribution in [3.05, 3.63) is 29.6 Å². The predicted molar refractivity (Wildman–Crippen MR) is 76.8 cm³/mol. The lowest BCUT2D eigenvalue weighted by atomic mass is 10.2. The maximum atomic E-state index is 11.9. The summed E-state index contributed by atoms with van der Waals surface area (Å²) >= 11 is 0. The summed E-state index contributed by atoms with van der Waals surface area (Å²) in [6, 6.07) is 3.96. The number of aromatic nitrogens is 1. The first kappa shape index (κ1) is 15.6. The lowest BCUT2D eigenvalue weighted by Crippen LogP contribution is -2.37. The Labute approximate surface area is 115 Å². The number of pyridine rings is 1. The molecule has 5 heteroatoms. The summed E-state index contributed by atoms with van der Waals surface area (Å²) in [6.07, 6.45) is 2.72. The smallest absolute Gasteiger partial charge is 0.251 e. The Kier molecular flexibility index (Phi) is 6.45. The van der Waals surface area contributed by atoms with Gasteiger partial charge in [0, 0.05) is 37.4 Å². The molecule has 19 heavy (non-hydrogen) atoms. The molecular formula is C14H24N4O. The lowest BCUT2D eigenvalue weighted by Gasteiger charge is -2.23. The van der Waals surface area contributed by atoms with E-state index in [1.807, 2.05) is 0 Å². The van der Waals surface area contributed by atoms with Gasteiger partial charge in [0.25, 0.3) is 5.91 Å². The van der Waals surface area contributed by atoms with E-state index in [4.69, 9.17) is 5.73 Å². The van der Waals surface area contributed by atoms with E-state index >= 15 is 0 Å². The minimum Gasteiger partial charge on any atom is -0.351 e. The topological polar surface area (TPSA) is 71.2 Å². The molecule has 0 fully saturated rings. The van der Waals surface area contributed by atoms with Crippen LogP contribution in [0.5, 0.6) is 0 Å². The zero-order chi connectivity index (χ0) is 14.3. The molecule has 1 aromatic rings. The van der Waals surface area contributed by atoms with Crippen molar-refractivity contribution < 1.29 is 4.79 Å². The highest BCUT2D eigenvalue weighted by Crippen LogP contribution is 2.02. The summed E-state index contributed by atoms with van der Waals surface area (Å²) in [5, 5.41) is 2.91. The number of hydrogen-bond donors (Lipinski definition) is 2. The quantitative estimate of drug-likeness (QED) is 0.771. The minimum atomic E-state index is -0.0744. The van der Waals surface area contributed by atoms with Gasteiger partial charge >= 0.3 is 0 Å². The number of amides is 1. The third-order valence-electron chi connectivity index (χ3n) is 3.38. The molecule has 0 aliphatic heterocycles. The predicted octanol–water partition coefficient (Wildman–Crippen LogP) is 1.00. The van der Waals surface area contributed by atoms with E-state index in [0.717, 1.165) is 18.7 Å².